The Morgan fingerprint density at radius 1 is 0.867 bits per heavy atom. The van der Waals surface area contributed by atoms with Crippen molar-refractivity contribution < 1.29 is 28.5 Å². The number of carbonyl (C=O) groups excluding carboxylic acids is 2. The fraction of sp³-hybridized carbons (Fsp3) is 0.304. The highest BCUT2D eigenvalue weighted by atomic mass is 16.6. The maximum Gasteiger partial charge on any atom is 0.308 e. The van der Waals surface area contributed by atoms with E-state index in [2.05, 4.69) is 11.0 Å². The van der Waals surface area contributed by atoms with Crippen molar-refractivity contribution in [2.45, 2.75) is 20.3 Å². The summed E-state index contributed by atoms with van der Waals surface area (Å²) in [6.45, 7) is 3.54. The van der Waals surface area contributed by atoms with Crippen LogP contribution in [0.2, 0.25) is 0 Å². The van der Waals surface area contributed by atoms with Gasteiger partial charge in [0, 0.05) is 43.9 Å². The van der Waals surface area contributed by atoms with Gasteiger partial charge in [-0.2, -0.15) is 0 Å². The monoisotopic (exact) mass is 409 g/mol. The molecule has 30 heavy (non-hydrogen) atoms. The van der Waals surface area contributed by atoms with E-state index in [1.165, 1.54) is 21.0 Å². The molecule has 0 saturated heterocycles. The first kappa shape index (κ1) is 19.8. The van der Waals surface area contributed by atoms with Crippen molar-refractivity contribution in [1.29, 1.82) is 0 Å². The van der Waals surface area contributed by atoms with Crippen LogP contribution in [-0.4, -0.2) is 39.8 Å². The average Bonchev–Trinajstić information content (AvgIpc) is 2.69. The van der Waals surface area contributed by atoms with Crippen LogP contribution in [0.15, 0.2) is 24.3 Å². The SMILES string of the molecule is COc1cc2c(cc1OC(C)=O)cc1c3c(cc(OC(C)=O)c(OC)c32)CCN1C. The van der Waals surface area contributed by atoms with Gasteiger partial charge in [0.25, 0.3) is 0 Å². The largest absolute Gasteiger partial charge is 0.493 e. The molecule has 0 radical (unpaired) electrons. The molecule has 0 atom stereocenters. The highest BCUT2D eigenvalue weighted by Crippen LogP contribution is 2.49. The van der Waals surface area contributed by atoms with Gasteiger partial charge in [0.05, 0.1) is 14.2 Å². The van der Waals surface area contributed by atoms with Crippen molar-refractivity contribution in [2.24, 2.45) is 0 Å². The first-order valence-corrected chi connectivity index (χ1v) is 9.60. The number of anilines is 1. The van der Waals surface area contributed by atoms with Gasteiger partial charge in [-0.3, -0.25) is 9.59 Å². The number of benzene rings is 3. The summed E-state index contributed by atoms with van der Waals surface area (Å²) in [6.07, 6.45) is 0.812. The lowest BCUT2D eigenvalue weighted by atomic mass is 9.91. The second kappa shape index (κ2) is 7.40. The molecule has 1 aliphatic rings. The minimum absolute atomic E-state index is 0.345. The van der Waals surface area contributed by atoms with Gasteiger partial charge in [-0.25, -0.2) is 0 Å². The lowest BCUT2D eigenvalue weighted by molar-refractivity contribution is -0.132. The third-order valence-electron chi connectivity index (χ3n) is 5.32. The summed E-state index contributed by atoms with van der Waals surface area (Å²) >= 11 is 0. The molecule has 4 rings (SSSR count). The van der Waals surface area contributed by atoms with Crippen LogP contribution < -0.4 is 23.8 Å². The van der Waals surface area contributed by atoms with Crippen LogP contribution in [0.1, 0.15) is 19.4 Å². The van der Waals surface area contributed by atoms with Crippen LogP contribution in [0.3, 0.4) is 0 Å². The molecule has 0 unspecified atom stereocenters. The number of nitrogens with zero attached hydrogens (tertiary/aromatic N) is 1. The second-order valence-corrected chi connectivity index (χ2v) is 7.30. The van der Waals surface area contributed by atoms with Gasteiger partial charge in [0.2, 0.25) is 0 Å². The van der Waals surface area contributed by atoms with Crippen molar-refractivity contribution in [2.75, 3.05) is 32.7 Å². The maximum atomic E-state index is 11.7. The van der Waals surface area contributed by atoms with Gasteiger partial charge in [0.1, 0.15) is 0 Å². The molecule has 3 aromatic rings. The van der Waals surface area contributed by atoms with Crippen LogP contribution in [0.25, 0.3) is 21.5 Å². The summed E-state index contributed by atoms with van der Waals surface area (Å²) in [7, 11) is 5.11. The molecule has 0 spiro atoms. The molecular formula is C23H23NO6. The molecule has 0 aliphatic carbocycles. The Bertz CT molecular complexity index is 1200. The van der Waals surface area contributed by atoms with E-state index in [-0.39, 0.29) is 0 Å². The fourth-order valence-corrected chi connectivity index (χ4v) is 4.11. The quantitative estimate of drug-likeness (QED) is 0.368. The zero-order chi connectivity index (χ0) is 21.6. The molecule has 0 saturated carbocycles. The summed E-state index contributed by atoms with van der Waals surface area (Å²) in [5.41, 5.74) is 2.12. The lowest BCUT2D eigenvalue weighted by Crippen LogP contribution is -2.24. The zero-order valence-corrected chi connectivity index (χ0v) is 17.6. The van der Waals surface area contributed by atoms with Crippen LogP contribution in [-0.2, 0) is 16.0 Å². The average molecular weight is 409 g/mol. The number of methoxy groups -OCH3 is 2. The van der Waals surface area contributed by atoms with Crippen molar-refractivity contribution in [3.8, 4) is 23.0 Å². The van der Waals surface area contributed by atoms with Crippen molar-refractivity contribution in [1.82, 2.24) is 0 Å². The van der Waals surface area contributed by atoms with Crippen molar-refractivity contribution in [3.05, 3.63) is 29.8 Å². The first-order chi connectivity index (χ1) is 14.3. The van der Waals surface area contributed by atoms with Crippen LogP contribution in [0, 0.1) is 0 Å². The van der Waals surface area contributed by atoms with E-state index in [9.17, 15) is 9.59 Å². The summed E-state index contributed by atoms with van der Waals surface area (Å²) in [6, 6.07) is 7.56. The zero-order valence-electron chi connectivity index (χ0n) is 17.6. The highest BCUT2D eigenvalue weighted by Gasteiger charge is 2.25. The Morgan fingerprint density at radius 2 is 1.57 bits per heavy atom. The Labute approximate surface area is 174 Å². The lowest BCUT2D eigenvalue weighted by Gasteiger charge is -2.30. The Morgan fingerprint density at radius 3 is 2.20 bits per heavy atom. The minimum atomic E-state index is -0.427. The number of fused-ring (bicyclic) bond motifs is 2. The van der Waals surface area contributed by atoms with Crippen LogP contribution >= 0.6 is 0 Å². The number of hydrogen-bond donors (Lipinski definition) is 0. The third kappa shape index (κ3) is 3.16. The van der Waals surface area contributed by atoms with E-state index in [0.717, 1.165) is 45.8 Å². The second-order valence-electron chi connectivity index (χ2n) is 7.30. The molecule has 3 aromatic carbocycles. The molecule has 0 amide bonds. The van der Waals surface area contributed by atoms with E-state index in [0.29, 0.717) is 23.0 Å². The summed E-state index contributed by atoms with van der Waals surface area (Å²) in [5, 5.41) is 3.58. The molecule has 0 fully saturated rings. The Kier molecular flexibility index (Phi) is 4.89. The van der Waals surface area contributed by atoms with Gasteiger partial charge in [-0.15, -0.1) is 0 Å². The topological polar surface area (TPSA) is 74.3 Å². The number of rotatable bonds is 4. The molecule has 0 bridgehead atoms. The summed E-state index contributed by atoms with van der Waals surface area (Å²) < 4.78 is 22.0. The van der Waals surface area contributed by atoms with Gasteiger partial charge < -0.3 is 23.8 Å². The number of esters is 2. The molecule has 7 heteroatoms. The van der Waals surface area contributed by atoms with Crippen LogP contribution in [0.4, 0.5) is 5.69 Å². The predicted molar refractivity (Wildman–Crippen MR) is 114 cm³/mol. The predicted octanol–water partition coefficient (Wildman–Crippen LogP) is 3.85. The number of carbonyl (C=O) groups is 2. The molecule has 1 aliphatic heterocycles. The Hall–Kier alpha value is -3.48. The summed E-state index contributed by atoms with van der Waals surface area (Å²) in [4.78, 5) is 25.4. The highest BCUT2D eigenvalue weighted by molar-refractivity contribution is 6.19. The van der Waals surface area contributed by atoms with E-state index < -0.39 is 11.9 Å². The van der Waals surface area contributed by atoms with Crippen molar-refractivity contribution in [3.63, 3.8) is 0 Å². The van der Waals surface area contributed by atoms with Crippen molar-refractivity contribution >= 4 is 39.2 Å². The number of hydrogen-bond acceptors (Lipinski definition) is 7. The first-order valence-electron chi connectivity index (χ1n) is 9.60. The number of likely N-dealkylation sites (N-methyl/N-ethyl adjacent to an activating group) is 1. The van der Waals surface area contributed by atoms with E-state index in [1.54, 1.807) is 13.2 Å². The number of ether oxygens (including phenoxy) is 4. The van der Waals surface area contributed by atoms with E-state index >= 15 is 0 Å². The van der Waals surface area contributed by atoms with E-state index in [4.69, 9.17) is 18.9 Å². The molecule has 0 N–H and O–H groups in total. The molecule has 0 aromatic heterocycles. The minimum Gasteiger partial charge on any atom is -0.493 e. The Balaban J connectivity index is 2.17. The fourth-order valence-electron chi connectivity index (χ4n) is 4.11. The van der Waals surface area contributed by atoms with Crippen LogP contribution in [0.5, 0.6) is 23.0 Å². The molecule has 156 valence electrons. The van der Waals surface area contributed by atoms with Gasteiger partial charge in [0.15, 0.2) is 23.0 Å². The smallest absolute Gasteiger partial charge is 0.308 e. The van der Waals surface area contributed by atoms with Gasteiger partial charge in [-0.1, -0.05) is 0 Å². The maximum absolute atomic E-state index is 11.7. The van der Waals surface area contributed by atoms with Gasteiger partial charge >= 0.3 is 11.9 Å². The standard InChI is InChI=1S/C23H23NO6/c1-12(25)29-19-10-15-8-17-21-14(6-7-24(17)3)9-20(30-13(2)26)23(28-5)22(21)16(15)11-18(19)27-4/h8-11H,6-7H2,1-5H3. The molecule has 1 heterocycles. The normalized spacial score (nSPS) is 12.8. The molecule has 7 nitrogen and oxygen atoms in total. The van der Waals surface area contributed by atoms with Gasteiger partial charge in [-0.05, 0) is 47.0 Å². The van der Waals surface area contributed by atoms with E-state index in [1.807, 2.05) is 19.2 Å². The summed E-state index contributed by atoms with van der Waals surface area (Å²) in [5.74, 6) is 0.801. The molecular weight excluding hydrogens is 386 g/mol. The third-order valence-corrected chi connectivity index (χ3v) is 5.32.